The molecule has 4 nitrogen and oxygen atoms in total. The molecule has 0 heterocycles. The molecular formula is C21H33NO3. The Balaban J connectivity index is 2.15. The molecule has 0 saturated heterocycles. The fraction of sp³-hybridized carbons (Fsp3) is 0.619. The standard InChI is InChI=1S/C21H33NO3/c1-2-3-4-5-6-7-8-9-13-16-20(23)22-19(21(24)25)17-18-14-11-10-12-15-18/h10-12,14-15,19H,2-9,13,16-17H2,1H3,(H,22,23)(H,24,25)/t19-/m0/s1. The molecule has 0 fully saturated rings. The summed E-state index contributed by atoms with van der Waals surface area (Å²) in [6.07, 6.45) is 11.5. The van der Waals surface area contributed by atoms with Gasteiger partial charge in [0.2, 0.25) is 5.91 Å². The minimum Gasteiger partial charge on any atom is -0.480 e. The molecule has 0 radical (unpaired) electrons. The number of unbranched alkanes of at least 4 members (excludes halogenated alkanes) is 8. The topological polar surface area (TPSA) is 66.4 Å². The van der Waals surface area contributed by atoms with Crippen LogP contribution in [0, 0.1) is 0 Å². The molecule has 0 bridgehead atoms. The van der Waals surface area contributed by atoms with Gasteiger partial charge in [0.05, 0.1) is 0 Å². The van der Waals surface area contributed by atoms with Gasteiger partial charge in [-0.15, -0.1) is 0 Å². The lowest BCUT2D eigenvalue weighted by atomic mass is 10.0. The summed E-state index contributed by atoms with van der Waals surface area (Å²) in [6.45, 7) is 2.22. The van der Waals surface area contributed by atoms with Crippen molar-refractivity contribution in [2.45, 2.75) is 83.6 Å². The van der Waals surface area contributed by atoms with Gasteiger partial charge in [0.15, 0.2) is 0 Å². The van der Waals surface area contributed by atoms with Gasteiger partial charge in [0, 0.05) is 12.8 Å². The lowest BCUT2D eigenvalue weighted by Gasteiger charge is -2.14. The average molecular weight is 347 g/mol. The van der Waals surface area contributed by atoms with Gasteiger partial charge in [0.25, 0.3) is 0 Å². The van der Waals surface area contributed by atoms with Crippen molar-refractivity contribution in [1.29, 1.82) is 0 Å². The molecule has 0 saturated carbocycles. The second-order valence-corrected chi connectivity index (χ2v) is 6.73. The van der Waals surface area contributed by atoms with Gasteiger partial charge in [-0.2, -0.15) is 0 Å². The van der Waals surface area contributed by atoms with E-state index in [2.05, 4.69) is 12.2 Å². The summed E-state index contributed by atoms with van der Waals surface area (Å²) in [6, 6.07) is 8.54. The van der Waals surface area contributed by atoms with Gasteiger partial charge in [-0.05, 0) is 12.0 Å². The van der Waals surface area contributed by atoms with Gasteiger partial charge >= 0.3 is 5.97 Å². The Labute approximate surface area is 152 Å². The van der Waals surface area contributed by atoms with Crippen LogP contribution in [-0.2, 0) is 16.0 Å². The van der Waals surface area contributed by atoms with E-state index in [-0.39, 0.29) is 5.91 Å². The van der Waals surface area contributed by atoms with Crippen LogP contribution in [0.15, 0.2) is 30.3 Å². The smallest absolute Gasteiger partial charge is 0.326 e. The molecule has 0 spiro atoms. The predicted molar refractivity (Wildman–Crippen MR) is 102 cm³/mol. The Kier molecular flexibility index (Phi) is 11.4. The molecule has 0 aliphatic carbocycles. The molecule has 0 aliphatic heterocycles. The number of rotatable bonds is 14. The lowest BCUT2D eigenvalue weighted by Crippen LogP contribution is -2.42. The van der Waals surface area contributed by atoms with Crippen molar-refractivity contribution in [1.82, 2.24) is 5.32 Å². The van der Waals surface area contributed by atoms with Crippen molar-refractivity contribution in [3.05, 3.63) is 35.9 Å². The highest BCUT2D eigenvalue weighted by Crippen LogP contribution is 2.11. The Morgan fingerprint density at radius 2 is 1.48 bits per heavy atom. The van der Waals surface area contributed by atoms with Crippen LogP contribution in [-0.4, -0.2) is 23.0 Å². The maximum absolute atomic E-state index is 12.0. The normalized spacial score (nSPS) is 11.9. The van der Waals surface area contributed by atoms with Crippen molar-refractivity contribution in [3.63, 3.8) is 0 Å². The van der Waals surface area contributed by atoms with Crippen LogP contribution in [0.4, 0.5) is 0 Å². The van der Waals surface area contributed by atoms with E-state index in [4.69, 9.17) is 0 Å². The highest BCUT2D eigenvalue weighted by Gasteiger charge is 2.19. The van der Waals surface area contributed by atoms with Crippen molar-refractivity contribution < 1.29 is 14.7 Å². The number of carboxylic acid groups (broad SMARTS) is 1. The fourth-order valence-corrected chi connectivity index (χ4v) is 2.91. The highest BCUT2D eigenvalue weighted by atomic mass is 16.4. The van der Waals surface area contributed by atoms with E-state index in [1.807, 2.05) is 30.3 Å². The first-order valence-electron chi connectivity index (χ1n) is 9.69. The highest BCUT2D eigenvalue weighted by molar-refractivity contribution is 5.83. The minimum atomic E-state index is -0.982. The number of hydrogen-bond acceptors (Lipinski definition) is 2. The molecule has 1 rings (SSSR count). The van der Waals surface area contributed by atoms with Crippen molar-refractivity contribution in [2.75, 3.05) is 0 Å². The van der Waals surface area contributed by atoms with Gasteiger partial charge in [0.1, 0.15) is 6.04 Å². The number of amides is 1. The van der Waals surface area contributed by atoms with Gasteiger partial charge < -0.3 is 10.4 Å². The molecule has 2 N–H and O–H groups in total. The Morgan fingerprint density at radius 1 is 0.920 bits per heavy atom. The first kappa shape index (κ1) is 21.2. The van der Waals surface area contributed by atoms with Gasteiger partial charge in [-0.25, -0.2) is 4.79 Å². The predicted octanol–water partition coefficient (Wildman–Crippen LogP) is 4.72. The third-order valence-corrected chi connectivity index (χ3v) is 4.42. The van der Waals surface area contributed by atoms with E-state index in [1.54, 1.807) is 0 Å². The number of carbonyl (C=O) groups is 2. The number of hydrogen-bond donors (Lipinski definition) is 2. The van der Waals surface area contributed by atoms with E-state index >= 15 is 0 Å². The SMILES string of the molecule is CCCCCCCCCCCC(=O)N[C@@H](Cc1ccccc1)C(=O)O. The van der Waals surface area contributed by atoms with Crippen LogP contribution in [0.2, 0.25) is 0 Å². The third-order valence-electron chi connectivity index (χ3n) is 4.42. The lowest BCUT2D eigenvalue weighted by molar-refractivity contribution is -0.141. The molecule has 1 amide bonds. The van der Waals surface area contributed by atoms with E-state index < -0.39 is 12.0 Å². The zero-order valence-electron chi connectivity index (χ0n) is 15.5. The molecule has 1 atom stereocenters. The second kappa shape index (κ2) is 13.5. The molecule has 1 aromatic carbocycles. The molecular weight excluding hydrogens is 314 g/mol. The zero-order valence-corrected chi connectivity index (χ0v) is 15.5. The summed E-state index contributed by atoms with van der Waals surface area (Å²) in [5.74, 6) is -1.14. The summed E-state index contributed by atoms with van der Waals surface area (Å²) >= 11 is 0. The summed E-state index contributed by atoms with van der Waals surface area (Å²) in [4.78, 5) is 23.3. The molecule has 4 heteroatoms. The Morgan fingerprint density at radius 3 is 2.04 bits per heavy atom. The number of nitrogens with one attached hydrogen (secondary N) is 1. The summed E-state index contributed by atoms with van der Waals surface area (Å²) in [5, 5.41) is 12.0. The fourth-order valence-electron chi connectivity index (χ4n) is 2.91. The van der Waals surface area contributed by atoms with E-state index in [0.717, 1.165) is 24.8 Å². The van der Waals surface area contributed by atoms with E-state index in [0.29, 0.717) is 12.8 Å². The first-order chi connectivity index (χ1) is 12.1. The van der Waals surface area contributed by atoms with Crippen LogP contribution in [0.5, 0.6) is 0 Å². The first-order valence-corrected chi connectivity index (χ1v) is 9.69. The maximum Gasteiger partial charge on any atom is 0.326 e. The summed E-state index contributed by atoms with van der Waals surface area (Å²) in [5.41, 5.74) is 0.915. The monoisotopic (exact) mass is 347 g/mol. The van der Waals surface area contributed by atoms with E-state index in [1.165, 1.54) is 38.5 Å². The van der Waals surface area contributed by atoms with Crippen LogP contribution >= 0.6 is 0 Å². The third kappa shape index (κ3) is 10.6. The quantitative estimate of drug-likeness (QED) is 0.479. The number of carbonyl (C=O) groups excluding carboxylic acids is 1. The Hall–Kier alpha value is -1.84. The van der Waals surface area contributed by atoms with Crippen LogP contribution in [0.1, 0.15) is 76.7 Å². The van der Waals surface area contributed by atoms with E-state index in [9.17, 15) is 14.7 Å². The van der Waals surface area contributed by atoms with Gasteiger partial charge in [-0.1, -0.05) is 88.6 Å². The van der Waals surface area contributed by atoms with Crippen LogP contribution in [0.25, 0.3) is 0 Å². The van der Waals surface area contributed by atoms with Crippen molar-refractivity contribution >= 4 is 11.9 Å². The van der Waals surface area contributed by atoms with Crippen LogP contribution < -0.4 is 5.32 Å². The average Bonchev–Trinajstić information content (AvgIpc) is 2.60. The molecule has 0 aromatic heterocycles. The molecule has 25 heavy (non-hydrogen) atoms. The Bertz CT molecular complexity index is 487. The maximum atomic E-state index is 12.0. The summed E-state index contributed by atoms with van der Waals surface area (Å²) in [7, 11) is 0. The minimum absolute atomic E-state index is 0.161. The molecule has 0 aliphatic rings. The number of carboxylic acids is 1. The van der Waals surface area contributed by atoms with Crippen molar-refractivity contribution in [3.8, 4) is 0 Å². The molecule has 1 aromatic rings. The van der Waals surface area contributed by atoms with Crippen molar-refractivity contribution in [2.24, 2.45) is 0 Å². The largest absolute Gasteiger partial charge is 0.480 e. The molecule has 0 unspecified atom stereocenters. The zero-order chi connectivity index (χ0) is 18.3. The number of aliphatic carboxylic acids is 1. The summed E-state index contributed by atoms with van der Waals surface area (Å²) < 4.78 is 0. The number of benzene rings is 1. The van der Waals surface area contributed by atoms with Crippen LogP contribution in [0.3, 0.4) is 0 Å². The van der Waals surface area contributed by atoms with Gasteiger partial charge in [-0.3, -0.25) is 4.79 Å². The second-order valence-electron chi connectivity index (χ2n) is 6.73. The molecule has 140 valence electrons.